The highest BCUT2D eigenvalue weighted by Gasteiger charge is 2.26. The molecule has 12 rings (SSSR count). The summed E-state index contributed by atoms with van der Waals surface area (Å²) in [7, 11) is 0. The lowest BCUT2D eigenvalue weighted by atomic mass is 9.87. The van der Waals surface area contributed by atoms with E-state index in [1.54, 1.807) is 0 Å². The average Bonchev–Trinajstić information content (AvgIpc) is 3.92. The van der Waals surface area contributed by atoms with E-state index in [1.807, 2.05) is 6.07 Å². The number of fused-ring (bicyclic) bond motifs is 6. The van der Waals surface area contributed by atoms with Crippen LogP contribution < -0.4 is 4.90 Å². The standard InChI is InChI=1S/C60H40N2O/c1-4-19-41(20-5-1)46-25-10-11-28-51(46)58-47(42-21-6-2-7-22-42)29-17-34-55(58)61(56-35-18-32-53-50-27-13-15-36-57(50)63-60(53)56)45-39-37-43(38-40-45)48-30-16-31-52-49-26-12-14-33-54(49)62(59(48)52)44-23-8-3-9-24-44/h1-40H. The molecule has 2 aromatic heterocycles. The predicted octanol–water partition coefficient (Wildman–Crippen LogP) is 16.8. The Kier molecular flexibility index (Phi) is 8.83. The molecule has 63 heavy (non-hydrogen) atoms. The lowest BCUT2D eigenvalue weighted by Gasteiger charge is -2.30. The molecular formula is C60H40N2O. The smallest absolute Gasteiger partial charge is 0.159 e. The molecular weight excluding hydrogens is 765 g/mol. The summed E-state index contributed by atoms with van der Waals surface area (Å²) in [5, 5.41) is 4.64. The third-order valence-corrected chi connectivity index (χ3v) is 12.4. The van der Waals surface area contributed by atoms with Crippen LogP contribution in [0.25, 0.3) is 93.9 Å². The second-order valence-corrected chi connectivity index (χ2v) is 16.0. The van der Waals surface area contributed by atoms with E-state index in [0.29, 0.717) is 0 Å². The SMILES string of the molecule is c1ccc(-c2ccccc2-c2c(-c3ccccc3)cccc2N(c2ccc(-c3cccc4c5ccccc5n(-c5ccccc5)c34)cc2)c2cccc3c2oc2ccccc23)cc1. The van der Waals surface area contributed by atoms with Crippen LogP contribution in [0.5, 0.6) is 0 Å². The quantitative estimate of drug-likeness (QED) is 0.153. The van der Waals surface area contributed by atoms with E-state index in [-0.39, 0.29) is 0 Å². The van der Waals surface area contributed by atoms with E-state index in [0.717, 1.165) is 72.5 Å². The molecule has 0 saturated carbocycles. The number of furan rings is 1. The van der Waals surface area contributed by atoms with Gasteiger partial charge in [-0.05, 0) is 81.9 Å². The first-order valence-electron chi connectivity index (χ1n) is 21.5. The van der Waals surface area contributed by atoms with Crippen LogP contribution in [0.3, 0.4) is 0 Å². The lowest BCUT2D eigenvalue weighted by Crippen LogP contribution is -2.12. The molecule has 0 aliphatic heterocycles. The molecule has 0 spiro atoms. The molecule has 3 heteroatoms. The molecule has 0 aliphatic rings. The van der Waals surface area contributed by atoms with Crippen molar-refractivity contribution < 1.29 is 4.42 Å². The zero-order chi connectivity index (χ0) is 41.7. The van der Waals surface area contributed by atoms with Gasteiger partial charge in [-0.1, -0.05) is 194 Å². The van der Waals surface area contributed by atoms with Crippen molar-refractivity contribution >= 4 is 60.8 Å². The van der Waals surface area contributed by atoms with Gasteiger partial charge in [0.05, 0.1) is 22.4 Å². The number of nitrogens with zero attached hydrogens (tertiary/aromatic N) is 2. The summed E-state index contributed by atoms with van der Waals surface area (Å²) in [6, 6.07) is 87.0. The zero-order valence-corrected chi connectivity index (χ0v) is 34.4. The summed E-state index contributed by atoms with van der Waals surface area (Å²) in [5.74, 6) is 0. The first-order valence-corrected chi connectivity index (χ1v) is 21.5. The van der Waals surface area contributed by atoms with Crippen molar-refractivity contribution in [2.45, 2.75) is 0 Å². The van der Waals surface area contributed by atoms with Crippen molar-refractivity contribution in [3.8, 4) is 50.2 Å². The van der Waals surface area contributed by atoms with Crippen LogP contribution in [-0.4, -0.2) is 4.57 Å². The van der Waals surface area contributed by atoms with E-state index < -0.39 is 0 Å². The van der Waals surface area contributed by atoms with Crippen molar-refractivity contribution in [3.05, 3.63) is 243 Å². The van der Waals surface area contributed by atoms with Crippen molar-refractivity contribution in [2.24, 2.45) is 0 Å². The van der Waals surface area contributed by atoms with Gasteiger partial charge in [-0.25, -0.2) is 0 Å². The van der Waals surface area contributed by atoms with E-state index in [1.165, 1.54) is 38.5 Å². The molecule has 0 aliphatic carbocycles. The van der Waals surface area contributed by atoms with E-state index in [4.69, 9.17) is 4.42 Å². The van der Waals surface area contributed by atoms with Crippen LogP contribution in [0, 0.1) is 0 Å². The Morgan fingerprint density at radius 3 is 1.63 bits per heavy atom. The first kappa shape index (κ1) is 36.5. The number of anilines is 3. The molecule has 12 aromatic rings. The zero-order valence-electron chi connectivity index (χ0n) is 34.4. The molecule has 3 nitrogen and oxygen atoms in total. The van der Waals surface area contributed by atoms with Crippen molar-refractivity contribution in [1.82, 2.24) is 4.57 Å². The minimum absolute atomic E-state index is 0.840. The van der Waals surface area contributed by atoms with Gasteiger partial charge < -0.3 is 13.9 Å². The molecule has 0 saturated heterocycles. The number of aromatic nitrogens is 1. The highest BCUT2D eigenvalue weighted by molar-refractivity contribution is 6.14. The highest BCUT2D eigenvalue weighted by atomic mass is 16.3. The fourth-order valence-electron chi connectivity index (χ4n) is 9.64. The molecule has 0 N–H and O–H groups in total. The second kappa shape index (κ2) is 15.3. The third kappa shape index (κ3) is 6.13. The van der Waals surface area contributed by atoms with Gasteiger partial charge in [-0.2, -0.15) is 0 Å². The molecule has 0 bridgehead atoms. The number of benzene rings is 10. The molecule has 0 atom stereocenters. The average molecular weight is 805 g/mol. The maximum atomic E-state index is 6.84. The van der Waals surface area contributed by atoms with Crippen molar-refractivity contribution in [3.63, 3.8) is 0 Å². The summed E-state index contributed by atoms with van der Waals surface area (Å²) in [6.07, 6.45) is 0. The molecule has 2 heterocycles. The molecule has 296 valence electrons. The van der Waals surface area contributed by atoms with E-state index in [9.17, 15) is 0 Å². The van der Waals surface area contributed by atoms with Crippen molar-refractivity contribution in [1.29, 1.82) is 0 Å². The predicted molar refractivity (Wildman–Crippen MR) is 264 cm³/mol. The van der Waals surface area contributed by atoms with Crippen LogP contribution in [0.1, 0.15) is 0 Å². The van der Waals surface area contributed by atoms with Gasteiger partial charge in [-0.3, -0.25) is 0 Å². The summed E-state index contributed by atoms with van der Waals surface area (Å²) >= 11 is 0. The van der Waals surface area contributed by atoms with Crippen LogP contribution >= 0.6 is 0 Å². The molecule has 0 amide bonds. The Labute approximate surface area is 366 Å². The number of hydrogen-bond acceptors (Lipinski definition) is 2. The Bertz CT molecular complexity index is 3600. The Hall–Kier alpha value is -8.40. The molecule has 0 fully saturated rings. The normalized spacial score (nSPS) is 11.5. The third-order valence-electron chi connectivity index (χ3n) is 12.4. The maximum Gasteiger partial charge on any atom is 0.159 e. The van der Waals surface area contributed by atoms with Gasteiger partial charge >= 0.3 is 0 Å². The van der Waals surface area contributed by atoms with Gasteiger partial charge in [0.1, 0.15) is 5.58 Å². The van der Waals surface area contributed by atoms with Gasteiger partial charge in [0.2, 0.25) is 0 Å². The first-order chi connectivity index (χ1) is 31.3. The Morgan fingerprint density at radius 1 is 0.333 bits per heavy atom. The minimum atomic E-state index is 0.840. The van der Waals surface area contributed by atoms with E-state index in [2.05, 4.69) is 246 Å². The monoisotopic (exact) mass is 804 g/mol. The van der Waals surface area contributed by atoms with Gasteiger partial charge in [0.15, 0.2) is 5.58 Å². The fraction of sp³-hybridized carbons (Fsp3) is 0. The second-order valence-electron chi connectivity index (χ2n) is 16.0. The molecule has 10 aromatic carbocycles. The van der Waals surface area contributed by atoms with Crippen LogP contribution in [0.15, 0.2) is 247 Å². The summed E-state index contributed by atoms with van der Waals surface area (Å²) in [5.41, 5.74) is 17.5. The summed E-state index contributed by atoms with van der Waals surface area (Å²) in [6.45, 7) is 0. The van der Waals surface area contributed by atoms with Crippen LogP contribution in [0.2, 0.25) is 0 Å². The van der Waals surface area contributed by atoms with Crippen LogP contribution in [-0.2, 0) is 0 Å². The maximum absolute atomic E-state index is 6.84. The summed E-state index contributed by atoms with van der Waals surface area (Å²) in [4.78, 5) is 2.40. The largest absolute Gasteiger partial charge is 0.454 e. The van der Waals surface area contributed by atoms with Gasteiger partial charge in [0.25, 0.3) is 0 Å². The molecule has 0 unspecified atom stereocenters. The van der Waals surface area contributed by atoms with Gasteiger partial charge in [-0.15, -0.1) is 0 Å². The number of para-hydroxylation sites is 5. The van der Waals surface area contributed by atoms with Gasteiger partial charge in [0, 0.05) is 44.0 Å². The topological polar surface area (TPSA) is 21.3 Å². The highest BCUT2D eigenvalue weighted by Crippen LogP contribution is 2.50. The summed E-state index contributed by atoms with van der Waals surface area (Å²) < 4.78 is 9.25. The Balaban J connectivity index is 1.12. The lowest BCUT2D eigenvalue weighted by molar-refractivity contribution is 0.669. The Morgan fingerprint density at radius 2 is 0.857 bits per heavy atom. The minimum Gasteiger partial charge on any atom is -0.454 e. The molecule has 0 radical (unpaired) electrons. The van der Waals surface area contributed by atoms with Crippen molar-refractivity contribution in [2.75, 3.05) is 4.90 Å². The van der Waals surface area contributed by atoms with Crippen LogP contribution in [0.4, 0.5) is 17.1 Å². The number of hydrogen-bond donors (Lipinski definition) is 0. The number of rotatable bonds is 8. The fourth-order valence-corrected chi connectivity index (χ4v) is 9.64. The van der Waals surface area contributed by atoms with E-state index >= 15 is 0 Å².